The van der Waals surface area contributed by atoms with Crippen LogP contribution in [0.3, 0.4) is 0 Å². The summed E-state index contributed by atoms with van der Waals surface area (Å²) in [5.41, 5.74) is 0.876. The maximum Gasteiger partial charge on any atom is 0.313 e. The summed E-state index contributed by atoms with van der Waals surface area (Å²) in [6.45, 7) is 1.48. The Labute approximate surface area is 126 Å². The lowest BCUT2D eigenvalue weighted by Gasteiger charge is -2.08. The number of hydrogen-bond donors (Lipinski definition) is 2. The van der Waals surface area contributed by atoms with Crippen molar-refractivity contribution in [1.29, 1.82) is 0 Å². The maximum atomic E-state index is 13.4. The number of amides is 2. The van der Waals surface area contributed by atoms with Crippen molar-refractivity contribution >= 4 is 17.5 Å². The van der Waals surface area contributed by atoms with E-state index in [0.29, 0.717) is 5.56 Å². The van der Waals surface area contributed by atoms with Crippen molar-refractivity contribution in [3.05, 3.63) is 65.2 Å². The molecular weight excluding hydrogens is 290 g/mol. The molecule has 0 aliphatic rings. The predicted molar refractivity (Wildman–Crippen MR) is 78.0 cm³/mol. The van der Waals surface area contributed by atoms with E-state index < -0.39 is 23.4 Å². The summed E-state index contributed by atoms with van der Waals surface area (Å²) in [5, 5.41) is 4.58. The standard InChI is InChI=1S/C16H14F2N2O2/c1-10-6-7-12(8-14(10)18)20-16(22)15(21)19-9-11-4-2-3-5-13(11)17/h2-8H,9H2,1H3,(H,19,21)(H,20,22). The average Bonchev–Trinajstić information content (AvgIpc) is 2.50. The molecule has 0 fully saturated rings. The molecule has 6 heteroatoms. The molecule has 0 spiro atoms. The summed E-state index contributed by atoms with van der Waals surface area (Å²) in [6, 6.07) is 10.0. The van der Waals surface area contributed by atoms with Gasteiger partial charge in [-0.1, -0.05) is 24.3 Å². The Morgan fingerprint density at radius 1 is 1.00 bits per heavy atom. The smallest absolute Gasteiger partial charge is 0.313 e. The van der Waals surface area contributed by atoms with Gasteiger partial charge in [0.2, 0.25) is 0 Å². The molecule has 2 aromatic carbocycles. The number of benzene rings is 2. The normalized spacial score (nSPS) is 10.1. The van der Waals surface area contributed by atoms with Crippen LogP contribution in [0.4, 0.5) is 14.5 Å². The molecule has 0 saturated carbocycles. The van der Waals surface area contributed by atoms with Gasteiger partial charge in [0.05, 0.1) is 0 Å². The van der Waals surface area contributed by atoms with Crippen molar-refractivity contribution in [3.63, 3.8) is 0 Å². The van der Waals surface area contributed by atoms with Crippen LogP contribution in [0, 0.1) is 18.6 Å². The Kier molecular flexibility index (Phi) is 4.83. The molecule has 0 heterocycles. The predicted octanol–water partition coefficient (Wildman–Crippen LogP) is 2.53. The lowest BCUT2D eigenvalue weighted by Crippen LogP contribution is -2.35. The molecular formula is C16H14F2N2O2. The average molecular weight is 304 g/mol. The van der Waals surface area contributed by atoms with E-state index in [2.05, 4.69) is 10.6 Å². The van der Waals surface area contributed by atoms with E-state index in [1.54, 1.807) is 13.0 Å². The van der Waals surface area contributed by atoms with Crippen LogP contribution in [0.5, 0.6) is 0 Å². The summed E-state index contributed by atoms with van der Waals surface area (Å²) in [7, 11) is 0. The quantitative estimate of drug-likeness (QED) is 0.856. The van der Waals surface area contributed by atoms with E-state index in [4.69, 9.17) is 0 Å². The number of carbonyl (C=O) groups excluding carboxylic acids is 2. The lowest BCUT2D eigenvalue weighted by molar-refractivity contribution is -0.136. The molecule has 0 saturated heterocycles. The van der Waals surface area contributed by atoms with Crippen molar-refractivity contribution in [1.82, 2.24) is 5.32 Å². The number of carbonyl (C=O) groups is 2. The highest BCUT2D eigenvalue weighted by atomic mass is 19.1. The van der Waals surface area contributed by atoms with Crippen LogP contribution < -0.4 is 10.6 Å². The third-order valence-corrected chi connectivity index (χ3v) is 3.03. The maximum absolute atomic E-state index is 13.4. The van der Waals surface area contributed by atoms with E-state index in [9.17, 15) is 18.4 Å². The zero-order valence-corrected chi connectivity index (χ0v) is 11.8. The number of halogens is 2. The summed E-state index contributed by atoms with van der Waals surface area (Å²) >= 11 is 0. The number of anilines is 1. The Balaban J connectivity index is 1.93. The monoisotopic (exact) mass is 304 g/mol. The fourth-order valence-electron chi connectivity index (χ4n) is 1.76. The van der Waals surface area contributed by atoms with Crippen LogP contribution in [0.2, 0.25) is 0 Å². The van der Waals surface area contributed by atoms with Gasteiger partial charge in [0.25, 0.3) is 0 Å². The van der Waals surface area contributed by atoms with Gasteiger partial charge in [-0.05, 0) is 30.7 Å². The minimum absolute atomic E-state index is 0.110. The number of aryl methyl sites for hydroxylation is 1. The minimum atomic E-state index is -0.945. The van der Waals surface area contributed by atoms with Crippen molar-refractivity contribution in [3.8, 4) is 0 Å². The molecule has 4 nitrogen and oxygen atoms in total. The highest BCUT2D eigenvalue weighted by molar-refractivity contribution is 6.39. The third kappa shape index (κ3) is 3.88. The van der Waals surface area contributed by atoms with E-state index in [1.807, 2.05) is 0 Å². The molecule has 2 N–H and O–H groups in total. The van der Waals surface area contributed by atoms with E-state index in [-0.39, 0.29) is 17.8 Å². The van der Waals surface area contributed by atoms with Crippen molar-refractivity contribution in [2.75, 3.05) is 5.32 Å². The molecule has 0 aliphatic heterocycles. The molecule has 2 aromatic rings. The number of rotatable bonds is 3. The van der Waals surface area contributed by atoms with Gasteiger partial charge in [-0.3, -0.25) is 9.59 Å². The van der Waals surface area contributed by atoms with Gasteiger partial charge in [0.15, 0.2) is 0 Å². The van der Waals surface area contributed by atoms with Crippen LogP contribution in [-0.2, 0) is 16.1 Å². The van der Waals surface area contributed by atoms with Gasteiger partial charge >= 0.3 is 11.8 Å². The molecule has 0 radical (unpaired) electrons. The van der Waals surface area contributed by atoms with E-state index in [1.165, 1.54) is 30.3 Å². The van der Waals surface area contributed by atoms with Gasteiger partial charge in [0.1, 0.15) is 11.6 Å². The first kappa shape index (κ1) is 15.6. The molecule has 0 aliphatic carbocycles. The van der Waals surface area contributed by atoms with Gasteiger partial charge in [-0.15, -0.1) is 0 Å². The second-order valence-corrected chi connectivity index (χ2v) is 4.69. The van der Waals surface area contributed by atoms with Crippen molar-refractivity contribution in [2.24, 2.45) is 0 Å². The summed E-state index contributed by atoms with van der Waals surface area (Å²) in [6.07, 6.45) is 0. The summed E-state index contributed by atoms with van der Waals surface area (Å²) < 4.78 is 26.7. The zero-order chi connectivity index (χ0) is 16.1. The first-order valence-corrected chi connectivity index (χ1v) is 6.56. The summed E-state index contributed by atoms with van der Waals surface area (Å²) in [4.78, 5) is 23.3. The fourth-order valence-corrected chi connectivity index (χ4v) is 1.76. The molecule has 0 atom stereocenters. The number of nitrogens with one attached hydrogen (secondary N) is 2. The first-order valence-electron chi connectivity index (χ1n) is 6.56. The highest BCUT2D eigenvalue weighted by Gasteiger charge is 2.14. The topological polar surface area (TPSA) is 58.2 Å². The largest absolute Gasteiger partial charge is 0.344 e. The molecule has 0 bridgehead atoms. The van der Waals surface area contributed by atoms with E-state index >= 15 is 0 Å². The number of hydrogen-bond acceptors (Lipinski definition) is 2. The van der Waals surface area contributed by atoms with Crippen LogP contribution in [-0.4, -0.2) is 11.8 Å². The van der Waals surface area contributed by atoms with Crippen LogP contribution in [0.15, 0.2) is 42.5 Å². The molecule has 0 unspecified atom stereocenters. The van der Waals surface area contributed by atoms with Crippen LogP contribution in [0.1, 0.15) is 11.1 Å². The third-order valence-electron chi connectivity index (χ3n) is 3.03. The van der Waals surface area contributed by atoms with Crippen LogP contribution >= 0.6 is 0 Å². The molecule has 2 rings (SSSR count). The Bertz CT molecular complexity index is 717. The molecule has 0 aromatic heterocycles. The molecule has 2 amide bonds. The van der Waals surface area contributed by atoms with E-state index in [0.717, 1.165) is 6.07 Å². The van der Waals surface area contributed by atoms with Gasteiger partial charge in [-0.25, -0.2) is 8.78 Å². The Morgan fingerprint density at radius 3 is 2.41 bits per heavy atom. The second-order valence-electron chi connectivity index (χ2n) is 4.69. The van der Waals surface area contributed by atoms with Gasteiger partial charge in [-0.2, -0.15) is 0 Å². The van der Waals surface area contributed by atoms with Gasteiger partial charge in [0, 0.05) is 17.8 Å². The molecule has 22 heavy (non-hydrogen) atoms. The van der Waals surface area contributed by atoms with Crippen molar-refractivity contribution in [2.45, 2.75) is 13.5 Å². The Morgan fingerprint density at radius 2 is 1.73 bits per heavy atom. The van der Waals surface area contributed by atoms with Crippen LogP contribution in [0.25, 0.3) is 0 Å². The summed E-state index contributed by atoms with van der Waals surface area (Å²) in [5.74, 6) is -2.82. The van der Waals surface area contributed by atoms with Crippen molar-refractivity contribution < 1.29 is 18.4 Å². The fraction of sp³-hybridized carbons (Fsp3) is 0.125. The highest BCUT2D eigenvalue weighted by Crippen LogP contribution is 2.13. The molecule has 114 valence electrons. The SMILES string of the molecule is Cc1ccc(NC(=O)C(=O)NCc2ccccc2F)cc1F. The zero-order valence-electron chi connectivity index (χ0n) is 11.8. The minimum Gasteiger partial charge on any atom is -0.344 e. The first-order chi connectivity index (χ1) is 10.5. The van der Waals surface area contributed by atoms with Gasteiger partial charge < -0.3 is 10.6 Å². The lowest BCUT2D eigenvalue weighted by atomic mass is 10.2. The second kappa shape index (κ2) is 6.80. The Hall–Kier alpha value is -2.76.